The minimum Gasteiger partial charge on any atom is -0.493 e. The van der Waals surface area contributed by atoms with Gasteiger partial charge in [-0.15, -0.1) is 0 Å². The molecule has 1 atom stereocenters. The summed E-state index contributed by atoms with van der Waals surface area (Å²) in [5, 5.41) is 5.60. The first kappa shape index (κ1) is 27.2. The number of carbonyl (C=O) groups is 2. The number of rotatable bonds is 8. The van der Waals surface area contributed by atoms with Gasteiger partial charge in [0.25, 0.3) is 5.91 Å². The van der Waals surface area contributed by atoms with Crippen LogP contribution in [-0.4, -0.2) is 61.2 Å². The lowest BCUT2D eigenvalue weighted by molar-refractivity contribution is -0.122. The van der Waals surface area contributed by atoms with Crippen molar-refractivity contribution in [3.63, 3.8) is 0 Å². The Hall–Kier alpha value is -2.84. The van der Waals surface area contributed by atoms with Gasteiger partial charge >= 0.3 is 0 Å². The Morgan fingerprint density at radius 3 is 2.51 bits per heavy atom. The molecule has 0 aromatic heterocycles. The Morgan fingerprint density at radius 2 is 1.84 bits per heavy atom. The van der Waals surface area contributed by atoms with E-state index in [1.165, 1.54) is 6.07 Å². The van der Waals surface area contributed by atoms with Gasteiger partial charge in [0, 0.05) is 23.7 Å². The van der Waals surface area contributed by atoms with E-state index in [4.69, 9.17) is 4.74 Å². The van der Waals surface area contributed by atoms with Crippen LogP contribution in [0.5, 0.6) is 5.75 Å². The number of hydrogen-bond donors (Lipinski definition) is 2. The van der Waals surface area contributed by atoms with Gasteiger partial charge in [-0.1, -0.05) is 24.6 Å². The van der Waals surface area contributed by atoms with E-state index in [-0.39, 0.29) is 23.1 Å². The molecule has 0 spiro atoms. The summed E-state index contributed by atoms with van der Waals surface area (Å²) in [6, 6.07) is 10.9. The summed E-state index contributed by atoms with van der Waals surface area (Å²) in [4.78, 5) is 27.6. The van der Waals surface area contributed by atoms with E-state index in [0.717, 1.165) is 45.3 Å². The molecule has 2 saturated heterocycles. The van der Waals surface area contributed by atoms with Crippen molar-refractivity contribution < 1.29 is 23.1 Å². The van der Waals surface area contributed by atoms with Crippen LogP contribution in [0.1, 0.15) is 56.3 Å². The first-order valence-corrected chi connectivity index (χ1v) is 13.2. The molecule has 4 rings (SSSR count). The lowest BCUT2D eigenvalue weighted by Gasteiger charge is -2.34. The molecule has 2 amide bonds. The molecule has 2 aromatic rings. The molecule has 200 valence electrons. The minimum atomic E-state index is -1.20. The predicted molar refractivity (Wildman–Crippen MR) is 140 cm³/mol. The Morgan fingerprint density at radius 1 is 1.08 bits per heavy atom. The second kappa shape index (κ2) is 12.1. The molecule has 0 bridgehead atoms. The monoisotopic (exact) mass is 513 g/mol. The summed E-state index contributed by atoms with van der Waals surface area (Å²) in [6.45, 7) is 6.50. The predicted octanol–water partition coefficient (Wildman–Crippen LogP) is 4.73. The second-order valence-corrected chi connectivity index (χ2v) is 10.8. The highest BCUT2D eigenvalue weighted by Crippen LogP contribution is 2.30. The zero-order valence-corrected chi connectivity index (χ0v) is 21.7. The fourth-order valence-corrected chi connectivity index (χ4v) is 5.12. The zero-order valence-electron chi connectivity index (χ0n) is 21.7. The average molecular weight is 514 g/mol. The standard InChI is InChI=1S/C29H37F2N3O3/c1-29(2,31)19-34-15-12-20(13-16-34)18-37-21-10-11-23(25(30)17-21)22-7-3-4-8-24(22)27(35)33-28(36)26-9-5-6-14-32-26/h3-4,7-8,10-11,17,20,26,32H,5-6,9,12-16,18-19H2,1-2H3,(H,33,35,36)/t26-/m1/s1. The Bertz CT molecular complexity index is 1090. The number of ether oxygens (including phenoxy) is 1. The molecular weight excluding hydrogens is 476 g/mol. The Kier molecular flexibility index (Phi) is 8.92. The van der Waals surface area contributed by atoms with Crippen LogP contribution in [0.2, 0.25) is 0 Å². The van der Waals surface area contributed by atoms with Gasteiger partial charge in [0.05, 0.1) is 12.6 Å². The summed E-state index contributed by atoms with van der Waals surface area (Å²) in [5.41, 5.74) is -0.285. The van der Waals surface area contributed by atoms with Crippen LogP contribution in [0.4, 0.5) is 8.78 Å². The van der Waals surface area contributed by atoms with Crippen molar-refractivity contribution in [2.45, 2.75) is 57.7 Å². The number of alkyl halides is 1. The van der Waals surface area contributed by atoms with E-state index in [1.807, 2.05) is 0 Å². The SMILES string of the molecule is CC(C)(F)CN1CCC(COc2ccc(-c3ccccc3C(=O)NC(=O)[C@H]3CCCCN3)c(F)c2)CC1. The van der Waals surface area contributed by atoms with E-state index in [0.29, 0.717) is 36.8 Å². The van der Waals surface area contributed by atoms with Gasteiger partial charge < -0.3 is 15.0 Å². The number of carbonyl (C=O) groups excluding carboxylic acids is 2. The highest BCUT2D eigenvalue weighted by Gasteiger charge is 2.26. The third kappa shape index (κ3) is 7.58. The maximum Gasteiger partial charge on any atom is 0.258 e. The van der Waals surface area contributed by atoms with E-state index in [1.54, 1.807) is 50.2 Å². The molecule has 2 aliphatic heterocycles. The van der Waals surface area contributed by atoms with Crippen molar-refractivity contribution in [1.29, 1.82) is 0 Å². The van der Waals surface area contributed by atoms with Gasteiger partial charge in [0.15, 0.2) is 0 Å². The fourth-order valence-electron chi connectivity index (χ4n) is 5.12. The van der Waals surface area contributed by atoms with Crippen LogP contribution in [0.3, 0.4) is 0 Å². The maximum atomic E-state index is 15.2. The van der Waals surface area contributed by atoms with Crippen LogP contribution in [0.15, 0.2) is 42.5 Å². The van der Waals surface area contributed by atoms with Crippen molar-refractivity contribution >= 4 is 11.8 Å². The number of hydrogen-bond acceptors (Lipinski definition) is 5. The van der Waals surface area contributed by atoms with Gasteiger partial charge in [-0.3, -0.25) is 14.9 Å². The molecule has 2 aliphatic rings. The summed E-state index contributed by atoms with van der Waals surface area (Å²) in [6.07, 6.45) is 4.46. The molecule has 2 N–H and O–H groups in total. The molecule has 0 aliphatic carbocycles. The lowest BCUT2D eigenvalue weighted by atomic mass is 9.96. The molecule has 0 unspecified atom stereocenters. The van der Waals surface area contributed by atoms with Crippen LogP contribution in [-0.2, 0) is 4.79 Å². The quantitative estimate of drug-likeness (QED) is 0.500. The number of imide groups is 1. The van der Waals surface area contributed by atoms with Crippen LogP contribution in [0, 0.1) is 11.7 Å². The fraction of sp³-hybridized carbons (Fsp3) is 0.517. The van der Waals surface area contributed by atoms with Crippen LogP contribution < -0.4 is 15.4 Å². The van der Waals surface area contributed by atoms with E-state index >= 15 is 4.39 Å². The molecular formula is C29H37F2N3O3. The van der Waals surface area contributed by atoms with Gasteiger partial charge in [-0.25, -0.2) is 8.78 Å². The Balaban J connectivity index is 1.36. The number of amides is 2. The molecule has 0 radical (unpaired) electrons. The van der Waals surface area contributed by atoms with Crippen molar-refractivity contribution in [3.8, 4) is 16.9 Å². The summed E-state index contributed by atoms with van der Waals surface area (Å²) in [7, 11) is 0. The minimum absolute atomic E-state index is 0.238. The average Bonchev–Trinajstić information content (AvgIpc) is 2.88. The van der Waals surface area contributed by atoms with Gasteiger partial charge in [-0.2, -0.15) is 0 Å². The van der Waals surface area contributed by atoms with Crippen LogP contribution >= 0.6 is 0 Å². The van der Waals surface area contributed by atoms with Crippen molar-refractivity contribution in [2.75, 3.05) is 32.8 Å². The molecule has 6 nitrogen and oxygen atoms in total. The second-order valence-electron chi connectivity index (χ2n) is 10.8. The number of benzene rings is 2. The molecule has 8 heteroatoms. The third-order valence-electron chi connectivity index (χ3n) is 7.06. The molecule has 37 heavy (non-hydrogen) atoms. The van der Waals surface area contributed by atoms with Crippen LogP contribution in [0.25, 0.3) is 11.1 Å². The summed E-state index contributed by atoms with van der Waals surface area (Å²) < 4.78 is 35.0. The molecule has 2 fully saturated rings. The largest absolute Gasteiger partial charge is 0.493 e. The van der Waals surface area contributed by atoms with Gasteiger partial charge in [0.1, 0.15) is 17.2 Å². The topological polar surface area (TPSA) is 70.7 Å². The van der Waals surface area contributed by atoms with E-state index in [2.05, 4.69) is 15.5 Å². The first-order valence-electron chi connectivity index (χ1n) is 13.2. The smallest absolute Gasteiger partial charge is 0.258 e. The highest BCUT2D eigenvalue weighted by atomic mass is 19.1. The Labute approximate surface area is 217 Å². The highest BCUT2D eigenvalue weighted by molar-refractivity contribution is 6.09. The zero-order chi connectivity index (χ0) is 26.4. The number of nitrogens with one attached hydrogen (secondary N) is 2. The summed E-state index contributed by atoms with van der Waals surface area (Å²) in [5.74, 6) is -0.646. The number of nitrogens with zero attached hydrogens (tertiary/aromatic N) is 1. The molecule has 2 heterocycles. The van der Waals surface area contributed by atoms with E-state index in [9.17, 15) is 14.0 Å². The number of halogens is 2. The molecule has 2 aromatic carbocycles. The van der Waals surface area contributed by atoms with Crippen molar-refractivity contribution in [3.05, 3.63) is 53.8 Å². The summed E-state index contributed by atoms with van der Waals surface area (Å²) >= 11 is 0. The van der Waals surface area contributed by atoms with Gasteiger partial charge in [0.2, 0.25) is 5.91 Å². The lowest BCUT2D eigenvalue weighted by Crippen LogP contribution is -2.48. The maximum absolute atomic E-state index is 15.2. The molecule has 0 saturated carbocycles. The normalized spacial score (nSPS) is 19.4. The number of piperidine rings is 2. The third-order valence-corrected chi connectivity index (χ3v) is 7.06. The van der Waals surface area contributed by atoms with Crippen molar-refractivity contribution in [2.24, 2.45) is 5.92 Å². The number of likely N-dealkylation sites (tertiary alicyclic amines) is 1. The first-order chi connectivity index (χ1) is 17.7. The van der Waals surface area contributed by atoms with Crippen molar-refractivity contribution in [1.82, 2.24) is 15.5 Å². The van der Waals surface area contributed by atoms with Gasteiger partial charge in [-0.05, 0) is 88.8 Å². The van der Waals surface area contributed by atoms with E-state index < -0.39 is 17.4 Å².